The topological polar surface area (TPSA) is 55.4 Å². The highest BCUT2D eigenvalue weighted by atomic mass is 35.5. The number of esters is 1. The van der Waals surface area contributed by atoms with E-state index in [1.807, 2.05) is 50.2 Å². The number of halogens is 1. The van der Waals surface area contributed by atoms with Crippen LogP contribution < -0.4 is 5.32 Å². The molecule has 0 fully saturated rings. The van der Waals surface area contributed by atoms with Gasteiger partial charge in [0.05, 0.1) is 6.42 Å². The predicted octanol–water partition coefficient (Wildman–Crippen LogP) is 4.32. The van der Waals surface area contributed by atoms with Gasteiger partial charge < -0.3 is 10.1 Å². The SMILES string of the molecule is Cc1ccc(NC(=O)COC(=O)C[C@H](C)c2ccccc2)cc1Cl. The van der Waals surface area contributed by atoms with Gasteiger partial charge in [-0.3, -0.25) is 9.59 Å². The van der Waals surface area contributed by atoms with Crippen LogP contribution in [0.1, 0.15) is 30.4 Å². The van der Waals surface area contributed by atoms with Gasteiger partial charge >= 0.3 is 5.97 Å². The summed E-state index contributed by atoms with van der Waals surface area (Å²) >= 11 is 6.00. The molecule has 5 heteroatoms. The molecule has 1 N–H and O–H groups in total. The minimum absolute atomic E-state index is 0.0395. The van der Waals surface area contributed by atoms with Gasteiger partial charge in [-0.2, -0.15) is 0 Å². The first-order valence-electron chi connectivity index (χ1n) is 7.72. The van der Waals surface area contributed by atoms with Crippen LogP contribution in [0.2, 0.25) is 5.02 Å². The van der Waals surface area contributed by atoms with Crippen molar-refractivity contribution in [1.29, 1.82) is 0 Å². The Bertz CT molecular complexity index is 716. The minimum Gasteiger partial charge on any atom is -0.456 e. The van der Waals surface area contributed by atoms with Gasteiger partial charge in [0.2, 0.25) is 0 Å². The van der Waals surface area contributed by atoms with Crippen molar-refractivity contribution < 1.29 is 14.3 Å². The van der Waals surface area contributed by atoms with Gasteiger partial charge in [-0.25, -0.2) is 0 Å². The molecule has 0 saturated carbocycles. The van der Waals surface area contributed by atoms with Gasteiger partial charge in [-0.15, -0.1) is 0 Å². The molecule has 2 aromatic carbocycles. The van der Waals surface area contributed by atoms with Gasteiger partial charge in [-0.1, -0.05) is 54.9 Å². The van der Waals surface area contributed by atoms with Crippen LogP contribution in [0.3, 0.4) is 0 Å². The number of rotatable bonds is 6. The molecule has 0 aliphatic heterocycles. The molecule has 0 unspecified atom stereocenters. The summed E-state index contributed by atoms with van der Waals surface area (Å²) in [4.78, 5) is 23.7. The van der Waals surface area contributed by atoms with E-state index in [1.54, 1.807) is 12.1 Å². The molecule has 126 valence electrons. The molecule has 0 heterocycles. The first kappa shape index (κ1) is 18.0. The van der Waals surface area contributed by atoms with E-state index in [9.17, 15) is 9.59 Å². The average Bonchev–Trinajstić information content (AvgIpc) is 2.57. The van der Waals surface area contributed by atoms with Crippen molar-refractivity contribution in [3.63, 3.8) is 0 Å². The minimum atomic E-state index is -0.400. The summed E-state index contributed by atoms with van der Waals surface area (Å²) < 4.78 is 5.04. The largest absolute Gasteiger partial charge is 0.456 e. The Hall–Kier alpha value is -2.33. The van der Waals surface area contributed by atoms with Gasteiger partial charge in [-0.05, 0) is 36.1 Å². The van der Waals surface area contributed by atoms with Gasteiger partial charge in [0.15, 0.2) is 6.61 Å². The third kappa shape index (κ3) is 5.39. The first-order chi connectivity index (χ1) is 11.5. The lowest BCUT2D eigenvalue weighted by molar-refractivity contribution is -0.147. The number of ether oxygens (including phenoxy) is 1. The Balaban J connectivity index is 1.78. The molecule has 0 saturated heterocycles. The van der Waals surface area contributed by atoms with E-state index >= 15 is 0 Å². The fourth-order valence-electron chi connectivity index (χ4n) is 2.22. The first-order valence-corrected chi connectivity index (χ1v) is 8.10. The Morgan fingerprint density at radius 1 is 1.17 bits per heavy atom. The molecule has 2 aromatic rings. The van der Waals surface area contributed by atoms with Crippen LogP contribution in [-0.4, -0.2) is 18.5 Å². The Labute approximate surface area is 146 Å². The zero-order valence-corrected chi connectivity index (χ0v) is 14.5. The third-order valence-electron chi connectivity index (χ3n) is 3.66. The number of benzene rings is 2. The molecular formula is C19H20ClNO3. The quantitative estimate of drug-likeness (QED) is 0.793. The van der Waals surface area contributed by atoms with Crippen LogP contribution in [0.4, 0.5) is 5.69 Å². The highest BCUT2D eigenvalue weighted by Crippen LogP contribution is 2.20. The Kier molecular flexibility index (Phi) is 6.38. The number of aryl methyl sites for hydroxylation is 1. The second-order valence-electron chi connectivity index (χ2n) is 5.69. The summed E-state index contributed by atoms with van der Waals surface area (Å²) in [6.07, 6.45) is 0.230. The molecule has 4 nitrogen and oxygen atoms in total. The molecule has 1 amide bonds. The van der Waals surface area contributed by atoms with Crippen LogP contribution in [0.25, 0.3) is 0 Å². The molecule has 0 radical (unpaired) electrons. The molecule has 0 aromatic heterocycles. The van der Waals surface area contributed by atoms with Gasteiger partial charge in [0, 0.05) is 10.7 Å². The van der Waals surface area contributed by atoms with Crippen LogP contribution in [0.5, 0.6) is 0 Å². The van der Waals surface area contributed by atoms with E-state index in [0.717, 1.165) is 11.1 Å². The van der Waals surface area contributed by atoms with Crippen LogP contribution in [-0.2, 0) is 14.3 Å². The van der Waals surface area contributed by atoms with E-state index in [2.05, 4.69) is 5.32 Å². The molecule has 0 aliphatic rings. The summed E-state index contributed by atoms with van der Waals surface area (Å²) in [7, 11) is 0. The highest BCUT2D eigenvalue weighted by Gasteiger charge is 2.14. The molecular weight excluding hydrogens is 326 g/mol. The van der Waals surface area contributed by atoms with E-state index in [4.69, 9.17) is 16.3 Å². The normalized spacial score (nSPS) is 11.6. The molecule has 2 rings (SSSR count). The van der Waals surface area contributed by atoms with Crippen LogP contribution in [0, 0.1) is 6.92 Å². The number of hydrogen-bond donors (Lipinski definition) is 1. The van der Waals surface area contributed by atoms with Crippen LogP contribution >= 0.6 is 11.6 Å². The van der Waals surface area contributed by atoms with Crippen molar-refractivity contribution in [3.8, 4) is 0 Å². The average molecular weight is 346 g/mol. The third-order valence-corrected chi connectivity index (χ3v) is 4.07. The summed E-state index contributed by atoms with van der Waals surface area (Å²) in [5.74, 6) is -0.753. The maximum absolute atomic E-state index is 11.9. The van der Waals surface area contributed by atoms with Gasteiger partial charge in [0.1, 0.15) is 0 Å². The molecule has 0 aliphatic carbocycles. The van der Waals surface area contributed by atoms with Crippen molar-refractivity contribution in [2.75, 3.05) is 11.9 Å². The highest BCUT2D eigenvalue weighted by molar-refractivity contribution is 6.31. The lowest BCUT2D eigenvalue weighted by atomic mass is 9.98. The predicted molar refractivity (Wildman–Crippen MR) is 95.3 cm³/mol. The van der Waals surface area contributed by atoms with E-state index in [1.165, 1.54) is 0 Å². The summed E-state index contributed by atoms with van der Waals surface area (Å²) in [5, 5.41) is 3.22. The number of anilines is 1. The number of hydrogen-bond acceptors (Lipinski definition) is 3. The monoisotopic (exact) mass is 345 g/mol. The number of carbonyl (C=O) groups excluding carboxylic acids is 2. The van der Waals surface area contributed by atoms with Crippen molar-refractivity contribution in [2.45, 2.75) is 26.2 Å². The van der Waals surface area contributed by atoms with Crippen molar-refractivity contribution in [1.82, 2.24) is 0 Å². The van der Waals surface area contributed by atoms with Crippen LogP contribution in [0.15, 0.2) is 48.5 Å². The number of carbonyl (C=O) groups is 2. The summed E-state index contributed by atoms with van der Waals surface area (Å²) in [6, 6.07) is 14.9. The number of amides is 1. The molecule has 24 heavy (non-hydrogen) atoms. The zero-order chi connectivity index (χ0) is 17.5. The summed E-state index contributed by atoms with van der Waals surface area (Å²) in [5.41, 5.74) is 2.56. The van der Waals surface area contributed by atoms with Crippen molar-refractivity contribution in [2.24, 2.45) is 0 Å². The van der Waals surface area contributed by atoms with Gasteiger partial charge in [0.25, 0.3) is 5.91 Å². The Morgan fingerprint density at radius 3 is 2.54 bits per heavy atom. The van der Waals surface area contributed by atoms with E-state index < -0.39 is 11.9 Å². The number of nitrogens with one attached hydrogen (secondary N) is 1. The molecule has 0 bridgehead atoms. The lowest BCUT2D eigenvalue weighted by Crippen LogP contribution is -2.21. The van der Waals surface area contributed by atoms with Crippen molar-refractivity contribution in [3.05, 3.63) is 64.7 Å². The second-order valence-corrected chi connectivity index (χ2v) is 6.10. The summed E-state index contributed by atoms with van der Waals surface area (Å²) in [6.45, 7) is 3.51. The molecule has 1 atom stereocenters. The maximum Gasteiger partial charge on any atom is 0.306 e. The van der Waals surface area contributed by atoms with Crippen molar-refractivity contribution >= 4 is 29.2 Å². The van der Waals surface area contributed by atoms with E-state index in [0.29, 0.717) is 10.7 Å². The van der Waals surface area contributed by atoms with E-state index in [-0.39, 0.29) is 18.9 Å². The molecule has 0 spiro atoms. The second kappa shape index (κ2) is 8.50. The Morgan fingerprint density at radius 2 is 1.88 bits per heavy atom. The fourth-order valence-corrected chi connectivity index (χ4v) is 2.40. The lowest BCUT2D eigenvalue weighted by Gasteiger charge is -2.11. The maximum atomic E-state index is 11.9. The zero-order valence-electron chi connectivity index (χ0n) is 13.7. The fraction of sp³-hybridized carbons (Fsp3) is 0.263. The smallest absolute Gasteiger partial charge is 0.306 e. The standard InChI is InChI=1S/C19H20ClNO3/c1-13-8-9-16(11-17(13)20)21-18(22)12-24-19(23)10-14(2)15-6-4-3-5-7-15/h3-9,11,14H,10,12H2,1-2H3,(H,21,22)/t14-/m0/s1.